The van der Waals surface area contributed by atoms with Crippen molar-refractivity contribution in [1.29, 1.82) is 0 Å². The summed E-state index contributed by atoms with van der Waals surface area (Å²) >= 11 is 5.13. The fourth-order valence-electron chi connectivity index (χ4n) is 1.62. The van der Waals surface area contributed by atoms with Crippen molar-refractivity contribution in [3.8, 4) is 0 Å². The first-order valence-electron chi connectivity index (χ1n) is 6.22. The number of carbonyl (C=O) groups is 1. The van der Waals surface area contributed by atoms with Gasteiger partial charge in [0, 0.05) is 11.8 Å². The van der Waals surface area contributed by atoms with E-state index in [-0.39, 0.29) is 17.5 Å². The maximum atomic E-state index is 11.7. The molecule has 0 aliphatic heterocycles. The Morgan fingerprint density at radius 3 is 2.71 bits per heavy atom. The van der Waals surface area contributed by atoms with Gasteiger partial charge in [-0.3, -0.25) is 9.89 Å². The van der Waals surface area contributed by atoms with E-state index >= 15 is 0 Å². The molecular formula is C13H14N4O3S. The molecule has 21 heavy (non-hydrogen) atoms. The second kappa shape index (κ2) is 6.71. The standard InChI is InChI=1S/C13H14N4O3S/c1-2-20-13(19)17-10(8-11(18)16-17)15-12(21)14-9-6-4-3-5-7-9/h3-8H,2H2,1H3,(H,16,18)(H2,14,15,21). The van der Waals surface area contributed by atoms with E-state index in [2.05, 4.69) is 15.7 Å². The number of hydrogen-bond donors (Lipinski definition) is 3. The normalized spacial score (nSPS) is 9.95. The van der Waals surface area contributed by atoms with Crippen LogP contribution >= 0.6 is 12.2 Å². The minimum absolute atomic E-state index is 0.200. The molecule has 0 aliphatic carbocycles. The summed E-state index contributed by atoms with van der Waals surface area (Å²) in [5.41, 5.74) is 0.351. The number of rotatable bonds is 3. The molecule has 1 aromatic carbocycles. The van der Waals surface area contributed by atoms with E-state index in [0.717, 1.165) is 10.4 Å². The van der Waals surface area contributed by atoms with Crippen LogP contribution in [0.15, 0.2) is 41.2 Å². The van der Waals surface area contributed by atoms with Gasteiger partial charge in [-0.1, -0.05) is 18.2 Å². The summed E-state index contributed by atoms with van der Waals surface area (Å²) in [5, 5.41) is 8.29. The Hall–Kier alpha value is -2.61. The minimum Gasteiger partial charge on any atom is -0.448 e. The van der Waals surface area contributed by atoms with Gasteiger partial charge in [-0.05, 0) is 31.3 Å². The lowest BCUT2D eigenvalue weighted by Gasteiger charge is -2.11. The van der Waals surface area contributed by atoms with Crippen LogP contribution in [-0.4, -0.2) is 27.6 Å². The van der Waals surface area contributed by atoms with Crippen LogP contribution in [0.25, 0.3) is 0 Å². The third-order valence-electron chi connectivity index (χ3n) is 2.45. The minimum atomic E-state index is -0.690. The number of nitrogens with zero attached hydrogens (tertiary/aromatic N) is 1. The van der Waals surface area contributed by atoms with Gasteiger partial charge in [0.1, 0.15) is 5.82 Å². The van der Waals surface area contributed by atoms with Crippen LogP contribution in [-0.2, 0) is 4.74 Å². The average molecular weight is 306 g/mol. The van der Waals surface area contributed by atoms with Gasteiger partial charge in [0.15, 0.2) is 5.11 Å². The number of nitrogens with one attached hydrogen (secondary N) is 3. The fourth-order valence-corrected chi connectivity index (χ4v) is 1.84. The summed E-state index contributed by atoms with van der Waals surface area (Å²) in [4.78, 5) is 23.1. The lowest BCUT2D eigenvalue weighted by atomic mass is 10.3. The summed E-state index contributed by atoms with van der Waals surface area (Å²) in [5.74, 6) is 0.201. The van der Waals surface area contributed by atoms with E-state index in [1.165, 1.54) is 6.07 Å². The second-order valence-electron chi connectivity index (χ2n) is 3.99. The highest BCUT2D eigenvalue weighted by atomic mass is 32.1. The fraction of sp³-hybridized carbons (Fsp3) is 0.154. The molecule has 0 radical (unpaired) electrons. The third kappa shape index (κ3) is 3.93. The molecule has 8 heteroatoms. The van der Waals surface area contributed by atoms with Crippen LogP contribution in [0.3, 0.4) is 0 Å². The number of ether oxygens (including phenoxy) is 1. The molecule has 1 heterocycles. The van der Waals surface area contributed by atoms with Crippen molar-refractivity contribution in [3.63, 3.8) is 0 Å². The highest BCUT2D eigenvalue weighted by molar-refractivity contribution is 7.80. The summed E-state index contributed by atoms with van der Waals surface area (Å²) < 4.78 is 5.80. The number of aromatic nitrogens is 2. The monoisotopic (exact) mass is 306 g/mol. The van der Waals surface area contributed by atoms with Gasteiger partial charge in [-0.2, -0.15) is 4.68 Å². The molecule has 0 atom stereocenters. The Kier molecular flexibility index (Phi) is 4.72. The third-order valence-corrected chi connectivity index (χ3v) is 2.66. The van der Waals surface area contributed by atoms with Crippen LogP contribution < -0.4 is 16.2 Å². The summed E-state index contributed by atoms with van der Waals surface area (Å²) in [6, 6.07) is 10.5. The van der Waals surface area contributed by atoms with Crippen LogP contribution in [0.4, 0.5) is 16.3 Å². The van der Waals surface area contributed by atoms with Gasteiger partial charge < -0.3 is 15.4 Å². The maximum absolute atomic E-state index is 11.7. The lowest BCUT2D eigenvalue weighted by Crippen LogP contribution is -2.24. The van der Waals surface area contributed by atoms with Crippen LogP contribution in [0, 0.1) is 0 Å². The van der Waals surface area contributed by atoms with E-state index in [1.807, 2.05) is 30.3 Å². The molecule has 0 aliphatic rings. The number of aromatic amines is 1. The van der Waals surface area contributed by atoms with Crippen molar-refractivity contribution in [2.75, 3.05) is 17.2 Å². The van der Waals surface area contributed by atoms with E-state index in [9.17, 15) is 9.59 Å². The first kappa shape index (κ1) is 14.8. The van der Waals surface area contributed by atoms with Crippen molar-refractivity contribution in [2.45, 2.75) is 6.92 Å². The zero-order chi connectivity index (χ0) is 15.2. The summed E-state index contributed by atoms with van der Waals surface area (Å²) in [6.45, 7) is 1.87. The van der Waals surface area contributed by atoms with Gasteiger partial charge in [0.05, 0.1) is 6.61 Å². The summed E-state index contributed by atoms with van der Waals surface area (Å²) in [7, 11) is 0. The number of H-pyrrole nitrogens is 1. The van der Waals surface area contributed by atoms with Crippen molar-refractivity contribution in [1.82, 2.24) is 9.78 Å². The van der Waals surface area contributed by atoms with Gasteiger partial charge in [-0.25, -0.2) is 4.79 Å². The summed E-state index contributed by atoms with van der Waals surface area (Å²) in [6.07, 6.45) is -0.690. The molecular weight excluding hydrogens is 292 g/mol. The van der Waals surface area contributed by atoms with Crippen molar-refractivity contribution < 1.29 is 9.53 Å². The number of hydrogen-bond acceptors (Lipinski definition) is 4. The van der Waals surface area contributed by atoms with Crippen LogP contribution in [0.5, 0.6) is 0 Å². The van der Waals surface area contributed by atoms with Gasteiger partial charge >= 0.3 is 6.09 Å². The van der Waals surface area contributed by atoms with E-state index in [4.69, 9.17) is 17.0 Å². The molecule has 0 bridgehead atoms. The van der Waals surface area contributed by atoms with Crippen molar-refractivity contribution in [3.05, 3.63) is 46.8 Å². The Morgan fingerprint density at radius 1 is 1.33 bits per heavy atom. The predicted molar refractivity (Wildman–Crippen MR) is 83.8 cm³/mol. The highest BCUT2D eigenvalue weighted by Gasteiger charge is 2.13. The van der Waals surface area contributed by atoms with E-state index < -0.39 is 11.7 Å². The van der Waals surface area contributed by atoms with Crippen LogP contribution in [0.2, 0.25) is 0 Å². The van der Waals surface area contributed by atoms with Gasteiger partial charge in [-0.15, -0.1) is 0 Å². The molecule has 110 valence electrons. The molecule has 2 rings (SSSR count). The van der Waals surface area contributed by atoms with Crippen LogP contribution in [0.1, 0.15) is 6.92 Å². The lowest BCUT2D eigenvalue weighted by molar-refractivity contribution is 0.151. The van der Waals surface area contributed by atoms with E-state index in [0.29, 0.717) is 0 Å². The Labute approximate surface area is 125 Å². The Balaban J connectivity index is 2.10. The number of benzene rings is 1. The molecule has 1 aromatic heterocycles. The number of thiocarbonyl (C=S) groups is 1. The quantitative estimate of drug-likeness (QED) is 0.752. The number of para-hydroxylation sites is 1. The molecule has 0 fully saturated rings. The van der Waals surface area contributed by atoms with Crippen molar-refractivity contribution in [2.24, 2.45) is 0 Å². The largest absolute Gasteiger partial charge is 0.448 e. The zero-order valence-electron chi connectivity index (χ0n) is 11.3. The molecule has 3 N–H and O–H groups in total. The molecule has 0 spiro atoms. The number of carbonyl (C=O) groups excluding carboxylic acids is 1. The topological polar surface area (TPSA) is 88.2 Å². The maximum Gasteiger partial charge on any atom is 0.434 e. The average Bonchev–Trinajstić information content (AvgIpc) is 2.81. The number of anilines is 2. The van der Waals surface area contributed by atoms with Crippen molar-refractivity contribution >= 4 is 34.9 Å². The first-order chi connectivity index (χ1) is 10.1. The predicted octanol–water partition coefficient (Wildman–Crippen LogP) is 1.99. The molecule has 0 saturated carbocycles. The second-order valence-corrected chi connectivity index (χ2v) is 4.39. The SMILES string of the molecule is CCOC(=O)n1[nH]c(=O)cc1NC(=S)Nc1ccccc1. The molecule has 7 nitrogen and oxygen atoms in total. The molecule has 0 unspecified atom stereocenters. The Morgan fingerprint density at radius 2 is 2.05 bits per heavy atom. The molecule has 0 saturated heterocycles. The van der Waals surface area contributed by atoms with Gasteiger partial charge in [0.25, 0.3) is 5.56 Å². The zero-order valence-corrected chi connectivity index (χ0v) is 12.1. The first-order valence-corrected chi connectivity index (χ1v) is 6.63. The van der Waals surface area contributed by atoms with Gasteiger partial charge in [0.2, 0.25) is 0 Å². The molecule has 2 aromatic rings. The Bertz CT molecular complexity index is 693. The smallest absolute Gasteiger partial charge is 0.434 e. The highest BCUT2D eigenvalue weighted by Crippen LogP contribution is 2.08. The molecule has 0 amide bonds. The van der Waals surface area contributed by atoms with E-state index in [1.54, 1.807) is 6.92 Å².